The third kappa shape index (κ3) is 3.81. The topological polar surface area (TPSA) is 66.5 Å². The summed E-state index contributed by atoms with van der Waals surface area (Å²) in [6, 6.07) is 14.5. The van der Waals surface area contributed by atoms with Gasteiger partial charge in [-0.1, -0.05) is 35.9 Å². The van der Waals surface area contributed by atoms with Crippen LogP contribution in [0.15, 0.2) is 53.4 Å². The minimum absolute atomic E-state index is 0.0326. The number of hydrogen-bond acceptors (Lipinski definition) is 3. The molecular weight excluding hydrogens is 396 g/mol. The number of nitrogens with one attached hydrogen (secondary N) is 1. The molecule has 0 spiro atoms. The van der Waals surface area contributed by atoms with Crippen molar-refractivity contribution >= 4 is 27.5 Å². The SMILES string of the molecule is O=C(N[C@H]1CCc2ccccc21)C1CCN(S(=O)(=O)c2ccc(Cl)cc2)CC1. The number of halogens is 1. The number of fused-ring (bicyclic) bond motifs is 1. The van der Waals surface area contributed by atoms with Gasteiger partial charge >= 0.3 is 0 Å². The van der Waals surface area contributed by atoms with Crippen molar-refractivity contribution in [2.24, 2.45) is 5.92 Å². The van der Waals surface area contributed by atoms with Crippen LogP contribution in [0.2, 0.25) is 5.02 Å². The first kappa shape index (κ1) is 19.4. The van der Waals surface area contributed by atoms with Crippen molar-refractivity contribution in [3.63, 3.8) is 0 Å². The minimum atomic E-state index is -3.55. The Morgan fingerprint density at radius 3 is 2.39 bits per heavy atom. The molecule has 2 aliphatic rings. The van der Waals surface area contributed by atoms with Crippen molar-refractivity contribution in [3.8, 4) is 0 Å². The van der Waals surface area contributed by atoms with Crippen molar-refractivity contribution < 1.29 is 13.2 Å². The summed E-state index contributed by atoms with van der Waals surface area (Å²) in [5.74, 6) is -0.116. The third-order valence-electron chi connectivity index (χ3n) is 5.73. The van der Waals surface area contributed by atoms with Gasteiger partial charge in [-0.2, -0.15) is 4.31 Å². The highest BCUT2D eigenvalue weighted by Crippen LogP contribution is 2.32. The lowest BCUT2D eigenvalue weighted by atomic mass is 9.96. The van der Waals surface area contributed by atoms with Crippen LogP contribution in [0.5, 0.6) is 0 Å². The van der Waals surface area contributed by atoms with E-state index in [0.29, 0.717) is 31.0 Å². The maximum absolute atomic E-state index is 12.8. The normalized spacial score (nSPS) is 20.7. The second-order valence-electron chi connectivity index (χ2n) is 7.43. The minimum Gasteiger partial charge on any atom is -0.349 e. The van der Waals surface area contributed by atoms with E-state index in [0.717, 1.165) is 12.8 Å². The van der Waals surface area contributed by atoms with Crippen LogP contribution < -0.4 is 5.32 Å². The Bertz CT molecular complexity index is 967. The molecule has 1 amide bonds. The lowest BCUT2D eigenvalue weighted by Gasteiger charge is -2.31. The number of amides is 1. The molecule has 0 radical (unpaired) electrons. The number of carbonyl (C=O) groups excluding carboxylic acids is 1. The van der Waals surface area contributed by atoms with E-state index in [2.05, 4.69) is 17.4 Å². The summed E-state index contributed by atoms with van der Waals surface area (Å²) in [6.07, 6.45) is 2.98. The molecule has 7 heteroatoms. The molecule has 1 N–H and O–H groups in total. The zero-order chi connectivity index (χ0) is 19.7. The third-order valence-corrected chi connectivity index (χ3v) is 7.89. The van der Waals surface area contributed by atoms with Gasteiger partial charge < -0.3 is 5.32 Å². The lowest BCUT2D eigenvalue weighted by Crippen LogP contribution is -2.43. The largest absolute Gasteiger partial charge is 0.349 e. The Labute approximate surface area is 170 Å². The van der Waals surface area contributed by atoms with Crippen molar-refractivity contribution in [1.29, 1.82) is 0 Å². The average Bonchev–Trinajstić information content (AvgIpc) is 3.11. The highest BCUT2D eigenvalue weighted by Gasteiger charge is 2.33. The first-order valence-corrected chi connectivity index (χ1v) is 11.4. The second-order valence-corrected chi connectivity index (χ2v) is 9.81. The quantitative estimate of drug-likeness (QED) is 0.825. The van der Waals surface area contributed by atoms with Crippen LogP contribution in [0.3, 0.4) is 0 Å². The van der Waals surface area contributed by atoms with Gasteiger partial charge in [0.15, 0.2) is 0 Å². The molecule has 0 saturated carbocycles. The first-order chi connectivity index (χ1) is 13.4. The number of rotatable bonds is 4. The second kappa shape index (κ2) is 7.85. The predicted octanol–water partition coefficient (Wildman–Crippen LogP) is 3.54. The molecule has 0 bridgehead atoms. The number of nitrogens with zero attached hydrogens (tertiary/aromatic N) is 1. The summed E-state index contributed by atoms with van der Waals surface area (Å²) in [4.78, 5) is 13.0. The Balaban J connectivity index is 1.36. The Morgan fingerprint density at radius 2 is 1.68 bits per heavy atom. The Morgan fingerprint density at radius 1 is 1.00 bits per heavy atom. The first-order valence-electron chi connectivity index (χ1n) is 9.59. The molecule has 0 aromatic heterocycles. The molecule has 148 valence electrons. The lowest BCUT2D eigenvalue weighted by molar-refractivity contribution is -0.126. The molecule has 5 nitrogen and oxygen atoms in total. The van der Waals surface area contributed by atoms with Gasteiger partial charge in [-0.05, 0) is 61.1 Å². The number of benzene rings is 2. The highest BCUT2D eigenvalue weighted by atomic mass is 35.5. The smallest absolute Gasteiger partial charge is 0.243 e. The molecule has 1 heterocycles. The van der Waals surface area contributed by atoms with E-state index in [1.165, 1.54) is 27.6 Å². The summed E-state index contributed by atoms with van der Waals surface area (Å²) in [7, 11) is -3.55. The molecule has 2 aromatic carbocycles. The van der Waals surface area contributed by atoms with E-state index in [1.807, 2.05) is 12.1 Å². The molecule has 28 heavy (non-hydrogen) atoms. The molecule has 1 fully saturated rings. The number of sulfonamides is 1. The number of piperidine rings is 1. The number of carbonyl (C=O) groups is 1. The van der Waals surface area contributed by atoms with E-state index in [1.54, 1.807) is 12.1 Å². The van der Waals surface area contributed by atoms with Gasteiger partial charge in [0.2, 0.25) is 15.9 Å². The van der Waals surface area contributed by atoms with E-state index >= 15 is 0 Å². The molecule has 2 aromatic rings. The standard InChI is InChI=1S/C21H23ClN2O3S/c22-17-6-8-18(9-7-17)28(26,27)24-13-11-16(12-14-24)21(25)23-20-10-5-15-3-1-2-4-19(15)20/h1-4,6-9,16,20H,5,10-14H2,(H,23,25)/t20-/m0/s1. The van der Waals surface area contributed by atoms with Crippen molar-refractivity contribution in [2.45, 2.75) is 36.6 Å². The Kier molecular flexibility index (Phi) is 5.45. The molecule has 1 saturated heterocycles. The van der Waals surface area contributed by atoms with Gasteiger partial charge in [-0.3, -0.25) is 4.79 Å². The van der Waals surface area contributed by atoms with E-state index in [-0.39, 0.29) is 22.8 Å². The molecular formula is C21H23ClN2O3S. The fourth-order valence-electron chi connectivity index (χ4n) is 4.11. The molecule has 0 unspecified atom stereocenters. The number of aryl methyl sites for hydroxylation is 1. The van der Waals surface area contributed by atoms with Gasteiger partial charge in [0.25, 0.3) is 0 Å². The highest BCUT2D eigenvalue weighted by molar-refractivity contribution is 7.89. The maximum Gasteiger partial charge on any atom is 0.243 e. The summed E-state index contributed by atoms with van der Waals surface area (Å²) in [5.41, 5.74) is 2.51. The van der Waals surface area contributed by atoms with Crippen LogP contribution in [0.1, 0.15) is 36.4 Å². The predicted molar refractivity (Wildman–Crippen MR) is 109 cm³/mol. The van der Waals surface area contributed by atoms with Crippen molar-refractivity contribution in [1.82, 2.24) is 9.62 Å². The fourth-order valence-corrected chi connectivity index (χ4v) is 5.71. The molecule has 1 aliphatic carbocycles. The summed E-state index contributed by atoms with van der Waals surface area (Å²) >= 11 is 5.85. The fraction of sp³-hybridized carbons (Fsp3) is 0.381. The summed E-state index contributed by atoms with van der Waals surface area (Å²) < 4.78 is 27.0. The maximum atomic E-state index is 12.8. The van der Waals surface area contributed by atoms with E-state index in [9.17, 15) is 13.2 Å². The van der Waals surface area contributed by atoms with Crippen molar-refractivity contribution in [2.75, 3.05) is 13.1 Å². The number of hydrogen-bond donors (Lipinski definition) is 1. The van der Waals surface area contributed by atoms with Crippen LogP contribution in [0.25, 0.3) is 0 Å². The Hall–Kier alpha value is -1.89. The van der Waals surface area contributed by atoms with Gasteiger partial charge in [0.05, 0.1) is 10.9 Å². The monoisotopic (exact) mass is 418 g/mol. The van der Waals surface area contributed by atoms with Crippen LogP contribution >= 0.6 is 11.6 Å². The van der Waals surface area contributed by atoms with Gasteiger partial charge in [-0.15, -0.1) is 0 Å². The average molecular weight is 419 g/mol. The zero-order valence-electron chi connectivity index (χ0n) is 15.5. The van der Waals surface area contributed by atoms with Gasteiger partial charge in [-0.25, -0.2) is 8.42 Å². The summed E-state index contributed by atoms with van der Waals surface area (Å²) in [5, 5.41) is 3.68. The summed E-state index contributed by atoms with van der Waals surface area (Å²) in [6.45, 7) is 0.703. The van der Waals surface area contributed by atoms with Crippen molar-refractivity contribution in [3.05, 3.63) is 64.7 Å². The van der Waals surface area contributed by atoms with Gasteiger partial charge in [0.1, 0.15) is 0 Å². The zero-order valence-corrected chi connectivity index (χ0v) is 17.0. The van der Waals surface area contributed by atoms with E-state index in [4.69, 9.17) is 11.6 Å². The van der Waals surface area contributed by atoms with Crippen LogP contribution in [-0.4, -0.2) is 31.7 Å². The molecule has 1 atom stereocenters. The van der Waals surface area contributed by atoms with Crippen LogP contribution in [0, 0.1) is 5.92 Å². The van der Waals surface area contributed by atoms with Crippen LogP contribution in [0.4, 0.5) is 0 Å². The van der Waals surface area contributed by atoms with E-state index < -0.39 is 10.0 Å². The van der Waals surface area contributed by atoms with Gasteiger partial charge in [0, 0.05) is 24.0 Å². The molecule has 1 aliphatic heterocycles. The van der Waals surface area contributed by atoms with Crippen LogP contribution in [-0.2, 0) is 21.2 Å². The molecule has 4 rings (SSSR count).